The number of ether oxygens (including phenoxy) is 2. The Bertz CT molecular complexity index is 1270. The van der Waals surface area contributed by atoms with Crippen LogP contribution in [0.15, 0.2) is 36.4 Å². The van der Waals surface area contributed by atoms with Crippen LogP contribution >= 0.6 is 11.6 Å². The normalized spacial score (nSPS) is 11.7. The number of amides is 2. The number of hydrogen-bond donors (Lipinski definition) is 3. The van der Waals surface area contributed by atoms with Crippen molar-refractivity contribution in [3.05, 3.63) is 52.7 Å². The van der Waals surface area contributed by atoms with Crippen molar-refractivity contribution in [2.45, 2.75) is 58.4 Å². The van der Waals surface area contributed by atoms with Gasteiger partial charge >= 0.3 is 0 Å². The SMILES string of the molecule is COc1ccc2[nH]c(C)c(CC(=O)N[C@@H](CCCCCC(C)=O)C(=O)Nc3ccc(Cl)c(OC)c3)c2c1. The molecule has 37 heavy (non-hydrogen) atoms. The average Bonchev–Trinajstić information content (AvgIpc) is 3.17. The Morgan fingerprint density at radius 2 is 1.81 bits per heavy atom. The minimum atomic E-state index is -0.744. The summed E-state index contributed by atoms with van der Waals surface area (Å²) in [4.78, 5) is 40.9. The highest BCUT2D eigenvalue weighted by molar-refractivity contribution is 6.32. The van der Waals surface area contributed by atoms with Gasteiger partial charge in [-0.3, -0.25) is 9.59 Å². The molecular formula is C28H34ClN3O5. The van der Waals surface area contributed by atoms with E-state index in [4.69, 9.17) is 21.1 Å². The number of aromatic amines is 1. The Morgan fingerprint density at radius 3 is 2.51 bits per heavy atom. The topological polar surface area (TPSA) is 110 Å². The summed E-state index contributed by atoms with van der Waals surface area (Å²) in [5.41, 5.74) is 3.17. The Kier molecular flexibility index (Phi) is 9.97. The standard InChI is InChI=1S/C28H34ClN3O5/c1-17(33)8-6-5-7-9-25(28(35)31-19-10-12-23(29)26(14-19)37-4)32-27(34)16-21-18(2)30-24-13-11-20(36-3)15-22(21)24/h10-15,25,30H,5-9,16H2,1-4H3,(H,31,35)(H,32,34)/t25-/m0/s1. The van der Waals surface area contributed by atoms with Crippen LogP contribution in [-0.2, 0) is 20.8 Å². The molecule has 0 bridgehead atoms. The van der Waals surface area contributed by atoms with E-state index in [2.05, 4.69) is 15.6 Å². The van der Waals surface area contributed by atoms with Gasteiger partial charge in [0.25, 0.3) is 0 Å². The summed E-state index contributed by atoms with van der Waals surface area (Å²) in [6, 6.07) is 9.88. The van der Waals surface area contributed by atoms with E-state index in [0.717, 1.165) is 35.0 Å². The summed E-state index contributed by atoms with van der Waals surface area (Å²) in [6.07, 6.45) is 3.30. The third-order valence-corrected chi connectivity index (χ3v) is 6.57. The van der Waals surface area contributed by atoms with Gasteiger partial charge in [0.05, 0.1) is 25.7 Å². The second kappa shape index (κ2) is 13.1. The monoisotopic (exact) mass is 527 g/mol. The fourth-order valence-corrected chi connectivity index (χ4v) is 4.45. The number of rotatable bonds is 13. The summed E-state index contributed by atoms with van der Waals surface area (Å²) in [6.45, 7) is 3.49. The van der Waals surface area contributed by atoms with Crippen LogP contribution in [0.5, 0.6) is 11.5 Å². The van der Waals surface area contributed by atoms with Crippen LogP contribution in [0, 0.1) is 6.92 Å². The zero-order valence-corrected chi connectivity index (χ0v) is 22.5. The van der Waals surface area contributed by atoms with Gasteiger partial charge in [0.1, 0.15) is 23.3 Å². The number of halogens is 1. The predicted octanol–water partition coefficient (Wildman–Crippen LogP) is 5.35. The van der Waals surface area contributed by atoms with Crippen LogP contribution in [0.25, 0.3) is 10.9 Å². The summed E-state index contributed by atoms with van der Waals surface area (Å²) < 4.78 is 10.6. The van der Waals surface area contributed by atoms with Gasteiger partial charge in [0.2, 0.25) is 11.8 Å². The highest BCUT2D eigenvalue weighted by Crippen LogP contribution is 2.28. The minimum absolute atomic E-state index is 0.113. The number of carbonyl (C=O) groups is 3. The van der Waals surface area contributed by atoms with Crippen molar-refractivity contribution < 1.29 is 23.9 Å². The van der Waals surface area contributed by atoms with Crippen molar-refractivity contribution in [1.82, 2.24) is 10.3 Å². The van der Waals surface area contributed by atoms with Gasteiger partial charge < -0.3 is 29.9 Å². The Hall–Kier alpha value is -3.52. The van der Waals surface area contributed by atoms with E-state index in [1.807, 2.05) is 25.1 Å². The third kappa shape index (κ3) is 7.73. The maximum absolute atomic E-state index is 13.2. The fourth-order valence-electron chi connectivity index (χ4n) is 4.26. The lowest BCUT2D eigenvalue weighted by Gasteiger charge is -2.19. The molecule has 2 aromatic carbocycles. The molecule has 0 aliphatic carbocycles. The number of unbranched alkanes of at least 4 members (excludes halogenated alkanes) is 2. The molecule has 3 aromatic rings. The number of Topliss-reactive ketones (excluding diaryl/α,β-unsaturated/α-hetero) is 1. The molecule has 0 fully saturated rings. The van der Waals surface area contributed by atoms with Gasteiger partial charge in [0, 0.05) is 34.8 Å². The molecule has 9 heteroatoms. The largest absolute Gasteiger partial charge is 0.497 e. The second-order valence-electron chi connectivity index (χ2n) is 9.08. The summed E-state index contributed by atoms with van der Waals surface area (Å²) >= 11 is 6.10. The lowest BCUT2D eigenvalue weighted by molar-refractivity contribution is -0.126. The van der Waals surface area contributed by atoms with E-state index < -0.39 is 6.04 Å². The molecule has 0 spiro atoms. The van der Waals surface area contributed by atoms with Crippen LogP contribution in [0.4, 0.5) is 5.69 Å². The van der Waals surface area contributed by atoms with Crippen molar-refractivity contribution in [3.63, 3.8) is 0 Å². The van der Waals surface area contributed by atoms with Crippen LogP contribution < -0.4 is 20.1 Å². The van der Waals surface area contributed by atoms with Crippen LogP contribution in [0.1, 0.15) is 50.3 Å². The number of benzene rings is 2. The van der Waals surface area contributed by atoms with Gasteiger partial charge in [-0.2, -0.15) is 0 Å². The zero-order valence-electron chi connectivity index (χ0n) is 21.7. The van der Waals surface area contributed by atoms with Crippen LogP contribution in [-0.4, -0.2) is 42.8 Å². The van der Waals surface area contributed by atoms with E-state index in [1.54, 1.807) is 32.2 Å². The summed E-state index contributed by atoms with van der Waals surface area (Å²) in [5, 5.41) is 7.11. The number of nitrogens with one attached hydrogen (secondary N) is 3. The van der Waals surface area contributed by atoms with Crippen LogP contribution in [0.3, 0.4) is 0 Å². The average molecular weight is 528 g/mol. The molecule has 0 saturated heterocycles. The van der Waals surface area contributed by atoms with Gasteiger partial charge in [0.15, 0.2) is 0 Å². The first-order valence-electron chi connectivity index (χ1n) is 12.3. The fraction of sp³-hybridized carbons (Fsp3) is 0.393. The molecule has 1 heterocycles. The Labute approximate surface area is 222 Å². The molecule has 0 radical (unpaired) electrons. The molecule has 8 nitrogen and oxygen atoms in total. The van der Waals surface area contributed by atoms with Crippen molar-refractivity contribution in [2.24, 2.45) is 0 Å². The van der Waals surface area contributed by atoms with E-state index in [0.29, 0.717) is 41.5 Å². The number of fused-ring (bicyclic) bond motifs is 1. The maximum Gasteiger partial charge on any atom is 0.246 e. The number of hydrogen-bond acceptors (Lipinski definition) is 5. The number of aryl methyl sites for hydroxylation is 1. The van der Waals surface area contributed by atoms with Crippen molar-refractivity contribution in [3.8, 4) is 11.5 Å². The minimum Gasteiger partial charge on any atom is -0.497 e. The molecule has 0 saturated carbocycles. The summed E-state index contributed by atoms with van der Waals surface area (Å²) in [5.74, 6) is 0.694. The zero-order chi connectivity index (χ0) is 26.9. The third-order valence-electron chi connectivity index (χ3n) is 6.26. The number of H-pyrrole nitrogens is 1. The van der Waals surface area contributed by atoms with Crippen LogP contribution in [0.2, 0.25) is 5.02 Å². The first-order chi connectivity index (χ1) is 17.7. The predicted molar refractivity (Wildman–Crippen MR) is 146 cm³/mol. The number of aromatic nitrogens is 1. The molecule has 3 N–H and O–H groups in total. The van der Waals surface area contributed by atoms with E-state index >= 15 is 0 Å². The van der Waals surface area contributed by atoms with Gasteiger partial charge in [-0.05, 0) is 62.6 Å². The first-order valence-corrected chi connectivity index (χ1v) is 12.7. The number of methoxy groups -OCH3 is 2. The highest BCUT2D eigenvalue weighted by atomic mass is 35.5. The molecule has 0 unspecified atom stereocenters. The maximum atomic E-state index is 13.2. The van der Waals surface area contributed by atoms with Crippen molar-refractivity contribution >= 4 is 45.8 Å². The van der Waals surface area contributed by atoms with E-state index in [1.165, 1.54) is 7.11 Å². The van der Waals surface area contributed by atoms with E-state index in [-0.39, 0.29) is 24.0 Å². The number of anilines is 1. The molecule has 0 aliphatic rings. The van der Waals surface area contributed by atoms with E-state index in [9.17, 15) is 14.4 Å². The first kappa shape index (κ1) is 28.1. The van der Waals surface area contributed by atoms with Gasteiger partial charge in [-0.1, -0.05) is 24.4 Å². The second-order valence-corrected chi connectivity index (χ2v) is 9.48. The quantitative estimate of drug-likeness (QED) is 0.259. The molecular weight excluding hydrogens is 494 g/mol. The molecule has 2 amide bonds. The molecule has 198 valence electrons. The Balaban J connectivity index is 1.73. The lowest BCUT2D eigenvalue weighted by atomic mass is 10.0. The van der Waals surface area contributed by atoms with Gasteiger partial charge in [-0.25, -0.2) is 0 Å². The Morgan fingerprint density at radius 1 is 1.03 bits per heavy atom. The smallest absolute Gasteiger partial charge is 0.246 e. The highest BCUT2D eigenvalue weighted by Gasteiger charge is 2.22. The van der Waals surface area contributed by atoms with Crippen molar-refractivity contribution in [2.75, 3.05) is 19.5 Å². The van der Waals surface area contributed by atoms with Crippen molar-refractivity contribution in [1.29, 1.82) is 0 Å². The number of ketones is 1. The lowest BCUT2D eigenvalue weighted by Crippen LogP contribution is -2.44. The molecule has 1 atom stereocenters. The summed E-state index contributed by atoms with van der Waals surface area (Å²) in [7, 11) is 3.10. The number of carbonyl (C=O) groups excluding carboxylic acids is 3. The molecule has 1 aromatic heterocycles. The molecule has 0 aliphatic heterocycles. The molecule has 3 rings (SSSR count). The van der Waals surface area contributed by atoms with Gasteiger partial charge in [-0.15, -0.1) is 0 Å².